The van der Waals surface area contributed by atoms with E-state index in [0.29, 0.717) is 0 Å². The summed E-state index contributed by atoms with van der Waals surface area (Å²) in [4.78, 5) is 11.6. The molecule has 0 fully saturated rings. The average Bonchev–Trinajstić information content (AvgIpc) is 2.36. The van der Waals surface area contributed by atoms with Gasteiger partial charge in [0, 0.05) is 6.04 Å². The molecule has 1 N–H and O–H groups in total. The lowest BCUT2D eigenvalue weighted by Crippen LogP contribution is -2.48. The molecule has 112 valence electrons. The summed E-state index contributed by atoms with van der Waals surface area (Å²) in [6, 6.07) is 4.65. The molecule has 0 saturated heterocycles. The lowest BCUT2D eigenvalue weighted by molar-refractivity contribution is -0.147. The van der Waals surface area contributed by atoms with Crippen molar-refractivity contribution < 1.29 is 22.7 Å². The van der Waals surface area contributed by atoms with Gasteiger partial charge in [0.25, 0.3) is 0 Å². The third kappa shape index (κ3) is 3.72. The maximum absolute atomic E-state index is 12.9. The van der Waals surface area contributed by atoms with Gasteiger partial charge in [0.05, 0.1) is 12.7 Å². The Morgan fingerprint density at radius 2 is 1.80 bits per heavy atom. The molecule has 1 aromatic rings. The highest BCUT2D eigenvalue weighted by atomic mass is 19.4. The van der Waals surface area contributed by atoms with Crippen molar-refractivity contribution >= 4 is 5.97 Å². The number of esters is 1. The van der Waals surface area contributed by atoms with Gasteiger partial charge in [0.15, 0.2) is 0 Å². The first-order chi connectivity index (χ1) is 9.09. The molecule has 20 heavy (non-hydrogen) atoms. The van der Waals surface area contributed by atoms with Crippen LogP contribution < -0.4 is 5.32 Å². The van der Waals surface area contributed by atoms with Gasteiger partial charge in [-0.3, -0.25) is 10.1 Å². The molecule has 1 aromatic carbocycles. The Hall–Kier alpha value is -1.56. The van der Waals surface area contributed by atoms with Crippen LogP contribution in [0.4, 0.5) is 13.2 Å². The molecule has 0 radical (unpaired) electrons. The normalized spacial score (nSPS) is 13.9. The molecule has 6 heteroatoms. The number of rotatable bonds is 4. The first-order valence-electron chi connectivity index (χ1n) is 6.12. The quantitative estimate of drug-likeness (QED) is 0.864. The van der Waals surface area contributed by atoms with Crippen molar-refractivity contribution in [2.45, 2.75) is 38.5 Å². The second kappa shape index (κ2) is 5.83. The monoisotopic (exact) mass is 289 g/mol. The van der Waals surface area contributed by atoms with Crippen LogP contribution in [0.5, 0.6) is 0 Å². The number of hydrogen-bond donors (Lipinski definition) is 1. The lowest BCUT2D eigenvalue weighted by atomic mass is 9.97. The molecule has 1 rings (SSSR count). The fourth-order valence-corrected chi connectivity index (χ4v) is 2.07. The zero-order chi connectivity index (χ0) is 15.6. The number of alkyl halides is 3. The number of carbonyl (C=O) groups excluding carboxylic acids is 1. The summed E-state index contributed by atoms with van der Waals surface area (Å²) in [5.41, 5.74) is -1.69. The van der Waals surface area contributed by atoms with Crippen LogP contribution in [0, 0.1) is 0 Å². The van der Waals surface area contributed by atoms with Gasteiger partial charge in [-0.1, -0.05) is 18.2 Å². The van der Waals surface area contributed by atoms with Crippen LogP contribution in [0.15, 0.2) is 24.3 Å². The van der Waals surface area contributed by atoms with E-state index in [-0.39, 0.29) is 5.56 Å². The number of nitrogens with one attached hydrogen (secondary N) is 1. The summed E-state index contributed by atoms with van der Waals surface area (Å²) in [5, 5.41) is 2.86. The van der Waals surface area contributed by atoms with Gasteiger partial charge >= 0.3 is 12.1 Å². The van der Waals surface area contributed by atoms with Crippen molar-refractivity contribution in [1.29, 1.82) is 0 Å². The van der Waals surface area contributed by atoms with E-state index in [4.69, 9.17) is 0 Å². The van der Waals surface area contributed by atoms with E-state index in [9.17, 15) is 18.0 Å². The standard InChI is InChI=1S/C14H18F3NO2/c1-9(18-13(2,3)12(19)20-4)10-7-5-6-8-11(10)14(15,16)17/h5-9,18H,1-4H3. The van der Waals surface area contributed by atoms with Crippen LogP contribution in [0.2, 0.25) is 0 Å². The van der Waals surface area contributed by atoms with Gasteiger partial charge in [0.2, 0.25) is 0 Å². The Morgan fingerprint density at radius 3 is 2.30 bits per heavy atom. The Bertz CT molecular complexity index is 484. The molecule has 1 unspecified atom stereocenters. The van der Waals surface area contributed by atoms with Gasteiger partial charge in [-0.25, -0.2) is 0 Å². The van der Waals surface area contributed by atoms with Crippen molar-refractivity contribution in [1.82, 2.24) is 5.32 Å². The summed E-state index contributed by atoms with van der Waals surface area (Å²) in [6.45, 7) is 4.70. The summed E-state index contributed by atoms with van der Waals surface area (Å²) >= 11 is 0. The van der Waals surface area contributed by atoms with Crippen molar-refractivity contribution in [3.8, 4) is 0 Å². The topological polar surface area (TPSA) is 38.3 Å². The Labute approximate surface area is 116 Å². The first kappa shape index (κ1) is 16.5. The SMILES string of the molecule is COC(=O)C(C)(C)NC(C)c1ccccc1C(F)(F)F. The highest BCUT2D eigenvalue weighted by molar-refractivity contribution is 5.79. The van der Waals surface area contributed by atoms with Crippen LogP contribution in [-0.4, -0.2) is 18.6 Å². The molecule has 0 amide bonds. The van der Waals surface area contributed by atoms with E-state index in [1.165, 1.54) is 25.3 Å². The zero-order valence-electron chi connectivity index (χ0n) is 11.8. The average molecular weight is 289 g/mol. The van der Waals surface area contributed by atoms with Gasteiger partial charge in [0.1, 0.15) is 5.54 Å². The minimum absolute atomic E-state index is 0.0944. The van der Waals surface area contributed by atoms with Crippen molar-refractivity contribution in [3.05, 3.63) is 35.4 Å². The molecule has 0 aliphatic heterocycles. The molecular weight excluding hydrogens is 271 g/mol. The van der Waals surface area contributed by atoms with Gasteiger partial charge < -0.3 is 4.74 Å². The molecule has 0 bridgehead atoms. The Balaban J connectivity index is 3.05. The molecule has 0 saturated carbocycles. The highest BCUT2D eigenvalue weighted by Gasteiger charge is 2.36. The molecule has 0 heterocycles. The van der Waals surface area contributed by atoms with Crippen molar-refractivity contribution in [2.24, 2.45) is 0 Å². The van der Waals surface area contributed by atoms with Crippen LogP contribution in [0.1, 0.15) is 37.9 Å². The van der Waals surface area contributed by atoms with Gasteiger partial charge in [-0.2, -0.15) is 13.2 Å². The predicted molar refractivity (Wildman–Crippen MR) is 69.1 cm³/mol. The molecule has 3 nitrogen and oxygen atoms in total. The van der Waals surface area contributed by atoms with E-state index < -0.39 is 29.3 Å². The fourth-order valence-electron chi connectivity index (χ4n) is 2.07. The summed E-state index contributed by atoms with van der Waals surface area (Å²) in [5.74, 6) is -0.533. The lowest BCUT2D eigenvalue weighted by Gasteiger charge is -2.29. The van der Waals surface area contributed by atoms with Crippen LogP contribution in [0.25, 0.3) is 0 Å². The molecule has 0 aromatic heterocycles. The second-order valence-electron chi connectivity index (χ2n) is 5.07. The third-order valence-electron chi connectivity index (χ3n) is 3.01. The van der Waals surface area contributed by atoms with Gasteiger partial charge in [-0.05, 0) is 32.4 Å². The number of benzene rings is 1. The van der Waals surface area contributed by atoms with E-state index in [1.807, 2.05) is 0 Å². The van der Waals surface area contributed by atoms with Crippen molar-refractivity contribution in [3.63, 3.8) is 0 Å². The maximum Gasteiger partial charge on any atom is 0.416 e. The number of methoxy groups -OCH3 is 1. The second-order valence-corrected chi connectivity index (χ2v) is 5.07. The summed E-state index contributed by atoms with van der Waals surface area (Å²) in [7, 11) is 1.24. The smallest absolute Gasteiger partial charge is 0.416 e. The van der Waals surface area contributed by atoms with Crippen LogP contribution in [0.3, 0.4) is 0 Å². The minimum Gasteiger partial charge on any atom is -0.468 e. The minimum atomic E-state index is -4.43. The third-order valence-corrected chi connectivity index (χ3v) is 3.01. The van der Waals surface area contributed by atoms with E-state index >= 15 is 0 Å². The van der Waals surface area contributed by atoms with Crippen molar-refractivity contribution in [2.75, 3.05) is 7.11 Å². The summed E-state index contributed by atoms with van der Waals surface area (Å²) in [6.07, 6.45) is -4.43. The highest BCUT2D eigenvalue weighted by Crippen LogP contribution is 2.34. The Morgan fingerprint density at radius 1 is 1.25 bits per heavy atom. The van der Waals surface area contributed by atoms with Crippen LogP contribution >= 0.6 is 0 Å². The fraction of sp³-hybridized carbons (Fsp3) is 0.500. The number of halogens is 3. The first-order valence-corrected chi connectivity index (χ1v) is 6.12. The molecule has 1 atom stereocenters. The summed E-state index contributed by atoms with van der Waals surface area (Å²) < 4.78 is 43.5. The van der Waals surface area contributed by atoms with E-state index in [0.717, 1.165) is 6.07 Å². The maximum atomic E-state index is 12.9. The van der Waals surface area contributed by atoms with E-state index in [2.05, 4.69) is 10.1 Å². The molecular formula is C14H18F3NO2. The number of carbonyl (C=O) groups is 1. The molecule has 0 spiro atoms. The largest absolute Gasteiger partial charge is 0.468 e. The van der Waals surface area contributed by atoms with E-state index in [1.54, 1.807) is 20.8 Å². The zero-order valence-corrected chi connectivity index (χ0v) is 11.8. The predicted octanol–water partition coefficient (Wildman–Crippen LogP) is 3.31. The van der Waals surface area contributed by atoms with Gasteiger partial charge in [-0.15, -0.1) is 0 Å². The number of ether oxygens (including phenoxy) is 1. The number of hydrogen-bond acceptors (Lipinski definition) is 3. The Kier molecular flexibility index (Phi) is 4.81. The molecule has 0 aliphatic carbocycles. The van der Waals surface area contributed by atoms with Crippen LogP contribution in [-0.2, 0) is 15.7 Å². The molecule has 0 aliphatic rings.